The van der Waals surface area contributed by atoms with E-state index in [0.29, 0.717) is 32.7 Å². The van der Waals surface area contributed by atoms with Gasteiger partial charge in [-0.1, -0.05) is 34.4 Å². The highest BCUT2D eigenvalue weighted by atomic mass is 35.5. The maximum atomic E-state index is 6.22. The second-order valence-electron chi connectivity index (χ2n) is 4.31. The van der Waals surface area contributed by atoms with Crippen molar-refractivity contribution in [3.05, 3.63) is 46.1 Å². The van der Waals surface area contributed by atoms with Gasteiger partial charge in [0.1, 0.15) is 5.76 Å². The van der Waals surface area contributed by atoms with E-state index in [2.05, 4.69) is 5.16 Å². The van der Waals surface area contributed by atoms with Crippen LogP contribution in [0.25, 0.3) is 22.6 Å². The molecule has 2 heterocycles. The van der Waals surface area contributed by atoms with E-state index >= 15 is 0 Å². The topological polar surface area (TPSA) is 65.2 Å². The number of furan rings is 1. The van der Waals surface area contributed by atoms with Crippen molar-refractivity contribution < 1.29 is 8.94 Å². The van der Waals surface area contributed by atoms with Gasteiger partial charge < -0.3 is 14.7 Å². The quantitative estimate of drug-likeness (QED) is 0.738. The van der Waals surface area contributed by atoms with Gasteiger partial charge in [-0.3, -0.25) is 0 Å². The summed E-state index contributed by atoms with van der Waals surface area (Å²) in [6.07, 6.45) is 0. The molecule has 0 unspecified atom stereocenters. The van der Waals surface area contributed by atoms with E-state index in [4.69, 9.17) is 37.9 Å². The molecule has 0 aliphatic heterocycles. The number of hydrogen-bond donors (Lipinski definition) is 1. The summed E-state index contributed by atoms with van der Waals surface area (Å²) in [5.74, 6) is 2.01. The molecular weight excluding hydrogens is 299 g/mol. The van der Waals surface area contributed by atoms with Crippen molar-refractivity contribution in [2.45, 2.75) is 6.92 Å². The van der Waals surface area contributed by atoms with Crippen LogP contribution < -0.4 is 5.73 Å². The highest BCUT2D eigenvalue weighted by Crippen LogP contribution is 2.41. The van der Waals surface area contributed by atoms with Crippen LogP contribution in [0, 0.1) is 6.92 Å². The van der Waals surface area contributed by atoms with Gasteiger partial charge in [-0.05, 0) is 31.2 Å². The molecule has 0 fully saturated rings. The Morgan fingerprint density at radius 3 is 2.60 bits per heavy atom. The molecule has 20 heavy (non-hydrogen) atoms. The van der Waals surface area contributed by atoms with Gasteiger partial charge >= 0.3 is 0 Å². The summed E-state index contributed by atoms with van der Waals surface area (Å²) in [4.78, 5) is 0. The zero-order valence-electron chi connectivity index (χ0n) is 10.5. The summed E-state index contributed by atoms with van der Waals surface area (Å²) in [6.45, 7) is 1.85. The number of anilines is 1. The van der Waals surface area contributed by atoms with E-state index in [1.807, 2.05) is 13.0 Å². The predicted octanol–water partition coefficient (Wildman–Crippen LogP) is 4.80. The second kappa shape index (κ2) is 4.89. The van der Waals surface area contributed by atoms with Crippen LogP contribution >= 0.6 is 23.2 Å². The molecule has 0 bridgehead atoms. The van der Waals surface area contributed by atoms with Crippen molar-refractivity contribution in [3.63, 3.8) is 0 Å². The largest absolute Gasteiger partial charge is 0.458 e. The van der Waals surface area contributed by atoms with Crippen LogP contribution in [-0.4, -0.2) is 5.16 Å². The maximum absolute atomic E-state index is 6.22. The SMILES string of the molecule is Cc1ccc(-c2onc(N)c2-c2ccc(Cl)cc2Cl)o1. The third-order valence-electron chi connectivity index (χ3n) is 2.88. The molecule has 1 aromatic carbocycles. The normalized spacial score (nSPS) is 10.9. The number of aryl methyl sites for hydroxylation is 1. The number of nitrogens with zero attached hydrogens (tertiary/aromatic N) is 1. The Labute approximate surface area is 125 Å². The minimum absolute atomic E-state index is 0.248. The molecule has 6 heteroatoms. The first-order valence-corrected chi connectivity index (χ1v) is 6.59. The van der Waals surface area contributed by atoms with Crippen molar-refractivity contribution in [2.75, 3.05) is 5.73 Å². The Bertz CT molecular complexity index is 777. The zero-order chi connectivity index (χ0) is 14.3. The van der Waals surface area contributed by atoms with Crippen LogP contribution in [0.5, 0.6) is 0 Å². The molecule has 2 aromatic heterocycles. The monoisotopic (exact) mass is 308 g/mol. The lowest BCUT2D eigenvalue weighted by molar-refractivity contribution is 0.418. The number of hydrogen-bond acceptors (Lipinski definition) is 4. The van der Waals surface area contributed by atoms with Crippen molar-refractivity contribution in [3.8, 4) is 22.6 Å². The number of nitrogens with two attached hydrogens (primary N) is 1. The summed E-state index contributed by atoms with van der Waals surface area (Å²) in [5.41, 5.74) is 7.18. The second-order valence-corrected chi connectivity index (χ2v) is 5.15. The molecule has 0 saturated heterocycles. The third kappa shape index (κ3) is 2.17. The van der Waals surface area contributed by atoms with Crippen molar-refractivity contribution in [1.29, 1.82) is 0 Å². The molecule has 2 N–H and O–H groups in total. The lowest BCUT2D eigenvalue weighted by Gasteiger charge is -2.04. The van der Waals surface area contributed by atoms with Gasteiger partial charge in [0.15, 0.2) is 11.6 Å². The molecule has 0 spiro atoms. The van der Waals surface area contributed by atoms with Crippen LogP contribution in [0.1, 0.15) is 5.76 Å². The fourth-order valence-corrected chi connectivity index (χ4v) is 2.48. The van der Waals surface area contributed by atoms with Gasteiger partial charge in [0.25, 0.3) is 0 Å². The highest BCUT2D eigenvalue weighted by molar-refractivity contribution is 6.36. The van der Waals surface area contributed by atoms with Crippen LogP contribution in [0.2, 0.25) is 10.0 Å². The number of benzene rings is 1. The summed E-state index contributed by atoms with van der Waals surface area (Å²) < 4.78 is 10.8. The number of rotatable bonds is 2. The molecule has 0 radical (unpaired) electrons. The van der Waals surface area contributed by atoms with E-state index in [9.17, 15) is 0 Å². The first kappa shape index (κ1) is 13.1. The van der Waals surface area contributed by atoms with Gasteiger partial charge in [0.05, 0.1) is 10.6 Å². The lowest BCUT2D eigenvalue weighted by Crippen LogP contribution is -1.89. The molecule has 0 atom stereocenters. The first-order valence-electron chi connectivity index (χ1n) is 5.83. The highest BCUT2D eigenvalue weighted by Gasteiger charge is 2.22. The predicted molar refractivity (Wildman–Crippen MR) is 78.8 cm³/mol. The Morgan fingerprint density at radius 2 is 1.95 bits per heavy atom. The number of nitrogen functional groups attached to an aromatic ring is 1. The first-order chi connectivity index (χ1) is 9.56. The van der Waals surface area contributed by atoms with Gasteiger partial charge in [-0.15, -0.1) is 0 Å². The van der Waals surface area contributed by atoms with Crippen molar-refractivity contribution in [1.82, 2.24) is 5.16 Å². The zero-order valence-corrected chi connectivity index (χ0v) is 12.0. The van der Waals surface area contributed by atoms with Crippen LogP contribution in [0.3, 0.4) is 0 Å². The number of halogens is 2. The smallest absolute Gasteiger partial charge is 0.212 e. The Kier molecular flexibility index (Phi) is 3.20. The lowest BCUT2D eigenvalue weighted by atomic mass is 10.0. The third-order valence-corrected chi connectivity index (χ3v) is 3.43. The molecule has 3 aromatic rings. The van der Waals surface area contributed by atoms with E-state index in [1.54, 1.807) is 24.3 Å². The standard InChI is InChI=1S/C14H10Cl2N2O2/c1-7-2-5-11(19-7)13-12(14(17)18-20-13)9-4-3-8(15)6-10(9)16/h2-6H,1H3,(H2,17,18). The van der Waals surface area contributed by atoms with E-state index in [-0.39, 0.29) is 5.82 Å². The average molecular weight is 309 g/mol. The van der Waals surface area contributed by atoms with Gasteiger partial charge in [-0.25, -0.2) is 0 Å². The maximum Gasteiger partial charge on any atom is 0.212 e. The molecule has 0 aliphatic rings. The van der Waals surface area contributed by atoms with Gasteiger partial charge in [0.2, 0.25) is 5.76 Å². The molecule has 0 amide bonds. The van der Waals surface area contributed by atoms with E-state index in [0.717, 1.165) is 5.76 Å². The average Bonchev–Trinajstić information content (AvgIpc) is 2.96. The van der Waals surface area contributed by atoms with Gasteiger partial charge in [0, 0.05) is 10.6 Å². The van der Waals surface area contributed by atoms with Crippen LogP contribution in [0.15, 0.2) is 39.3 Å². The van der Waals surface area contributed by atoms with E-state index < -0.39 is 0 Å². The Morgan fingerprint density at radius 1 is 1.15 bits per heavy atom. The Hall–Kier alpha value is -1.91. The molecule has 0 saturated carbocycles. The summed E-state index contributed by atoms with van der Waals surface area (Å²) >= 11 is 12.1. The van der Waals surface area contributed by atoms with Crippen LogP contribution in [0.4, 0.5) is 5.82 Å². The van der Waals surface area contributed by atoms with E-state index in [1.165, 1.54) is 0 Å². The molecular formula is C14H10Cl2N2O2. The summed E-state index contributed by atoms with van der Waals surface area (Å²) in [6, 6.07) is 8.77. The van der Waals surface area contributed by atoms with Crippen molar-refractivity contribution >= 4 is 29.0 Å². The summed E-state index contributed by atoms with van der Waals surface area (Å²) in [7, 11) is 0. The number of aromatic nitrogens is 1. The molecule has 102 valence electrons. The minimum Gasteiger partial charge on any atom is -0.458 e. The minimum atomic E-state index is 0.248. The molecule has 3 rings (SSSR count). The van der Waals surface area contributed by atoms with Crippen LogP contribution in [-0.2, 0) is 0 Å². The Balaban J connectivity index is 2.21. The van der Waals surface area contributed by atoms with Gasteiger partial charge in [-0.2, -0.15) is 0 Å². The molecule has 4 nitrogen and oxygen atoms in total. The van der Waals surface area contributed by atoms with Crippen molar-refractivity contribution in [2.24, 2.45) is 0 Å². The summed E-state index contributed by atoms with van der Waals surface area (Å²) in [5, 5.41) is 4.81. The fraction of sp³-hybridized carbons (Fsp3) is 0.0714. The molecule has 0 aliphatic carbocycles. The fourth-order valence-electron chi connectivity index (χ4n) is 1.98.